The van der Waals surface area contributed by atoms with Gasteiger partial charge in [0.15, 0.2) is 0 Å². The van der Waals surface area contributed by atoms with E-state index in [0.717, 1.165) is 9.13 Å². The third-order valence-corrected chi connectivity index (χ3v) is 3.55. The Morgan fingerprint density at radius 1 is 1.35 bits per heavy atom. The molecule has 0 amide bonds. The van der Waals surface area contributed by atoms with Crippen LogP contribution < -0.4 is 0 Å². The summed E-state index contributed by atoms with van der Waals surface area (Å²) in [5, 5.41) is 0. The Morgan fingerprint density at radius 2 is 1.94 bits per heavy atom. The van der Waals surface area contributed by atoms with Crippen LogP contribution in [0.3, 0.4) is 0 Å². The molecule has 0 radical (unpaired) electrons. The second kappa shape index (κ2) is 7.10. The number of halogens is 2. The summed E-state index contributed by atoms with van der Waals surface area (Å²) in [5.41, 5.74) is 1.00. The van der Waals surface area contributed by atoms with Gasteiger partial charge in [0.2, 0.25) is 0 Å². The van der Waals surface area contributed by atoms with E-state index in [0.29, 0.717) is 6.42 Å². The molecule has 17 heavy (non-hydrogen) atoms. The van der Waals surface area contributed by atoms with Crippen LogP contribution in [0.5, 0.6) is 0 Å². The fraction of sp³-hybridized carbons (Fsp3) is 0.333. The largest absolute Gasteiger partial charge is 0.460 e. The highest BCUT2D eigenvalue weighted by Gasteiger charge is 2.24. The molecule has 0 saturated carbocycles. The first-order chi connectivity index (χ1) is 8.04. The molecular weight excluding hydrogens is 399 g/mol. The first kappa shape index (κ1) is 14.6. The van der Waals surface area contributed by atoms with Crippen molar-refractivity contribution < 1.29 is 14.3 Å². The van der Waals surface area contributed by atoms with Gasteiger partial charge in [0.25, 0.3) is 5.78 Å². The number of Topliss-reactive ketones (excluding diaryl/α,β-unsaturated/α-hetero) is 1. The van der Waals surface area contributed by atoms with Gasteiger partial charge in [-0.05, 0) is 53.6 Å². The number of carbonyl (C=O) groups excluding carboxylic acids is 2. The molecule has 0 aliphatic carbocycles. The fourth-order valence-corrected chi connectivity index (χ4v) is 2.17. The van der Waals surface area contributed by atoms with Gasteiger partial charge in [0.1, 0.15) is 0 Å². The van der Waals surface area contributed by atoms with E-state index in [9.17, 15) is 9.59 Å². The number of ketones is 1. The highest BCUT2D eigenvalue weighted by molar-refractivity contribution is 14.1. The smallest absolute Gasteiger partial charge is 0.375 e. The lowest BCUT2D eigenvalue weighted by Crippen LogP contribution is -2.27. The fourth-order valence-electron chi connectivity index (χ4n) is 1.25. The van der Waals surface area contributed by atoms with Crippen molar-refractivity contribution in [3.8, 4) is 0 Å². The molecule has 1 aromatic carbocycles. The molecule has 1 rings (SSSR count). The number of hydrogen-bond donors (Lipinski definition) is 0. The second-order valence-corrected chi connectivity index (χ2v) is 5.73. The van der Waals surface area contributed by atoms with Gasteiger partial charge in [-0.3, -0.25) is 4.79 Å². The molecule has 1 aromatic rings. The van der Waals surface area contributed by atoms with Gasteiger partial charge in [-0.2, -0.15) is 0 Å². The number of hydrogen-bond acceptors (Lipinski definition) is 3. The molecule has 5 heteroatoms. The quantitative estimate of drug-likeness (QED) is 0.324. The van der Waals surface area contributed by atoms with Crippen molar-refractivity contribution in [1.82, 2.24) is 0 Å². The van der Waals surface area contributed by atoms with E-state index in [1.165, 1.54) is 0 Å². The molecule has 0 aliphatic rings. The van der Waals surface area contributed by atoms with Crippen molar-refractivity contribution in [1.29, 1.82) is 0 Å². The SMILES string of the molecule is CCOC(=O)C(=O)C(Br)Cc1ccc(I)cc1. The molecule has 92 valence electrons. The molecule has 0 aliphatic heterocycles. The van der Waals surface area contributed by atoms with Crippen LogP contribution in [0.1, 0.15) is 12.5 Å². The lowest BCUT2D eigenvalue weighted by Gasteiger charge is -2.08. The Hall–Kier alpha value is -0.430. The van der Waals surface area contributed by atoms with Crippen molar-refractivity contribution in [3.05, 3.63) is 33.4 Å². The zero-order valence-corrected chi connectivity index (χ0v) is 13.0. The van der Waals surface area contributed by atoms with Gasteiger partial charge in [-0.15, -0.1) is 0 Å². The van der Waals surface area contributed by atoms with Gasteiger partial charge in [-0.1, -0.05) is 28.1 Å². The molecule has 3 nitrogen and oxygen atoms in total. The van der Waals surface area contributed by atoms with Crippen molar-refractivity contribution in [3.63, 3.8) is 0 Å². The number of rotatable bonds is 5. The third kappa shape index (κ3) is 4.75. The first-order valence-electron chi connectivity index (χ1n) is 5.14. The average Bonchev–Trinajstić information content (AvgIpc) is 2.31. The minimum Gasteiger partial charge on any atom is -0.460 e. The molecule has 0 bridgehead atoms. The van der Waals surface area contributed by atoms with Crippen molar-refractivity contribution >= 4 is 50.3 Å². The van der Waals surface area contributed by atoms with Crippen LogP contribution in [0.2, 0.25) is 0 Å². The summed E-state index contributed by atoms with van der Waals surface area (Å²) in [5.74, 6) is -1.31. The number of alkyl halides is 1. The molecule has 0 fully saturated rings. The lowest BCUT2D eigenvalue weighted by molar-refractivity contribution is -0.153. The Labute approximate surface area is 122 Å². The first-order valence-corrected chi connectivity index (χ1v) is 7.13. The van der Waals surface area contributed by atoms with Gasteiger partial charge in [0.05, 0.1) is 11.4 Å². The van der Waals surface area contributed by atoms with Crippen molar-refractivity contribution in [2.24, 2.45) is 0 Å². The van der Waals surface area contributed by atoms with Gasteiger partial charge >= 0.3 is 5.97 Å². The maximum absolute atomic E-state index is 11.6. The highest BCUT2D eigenvalue weighted by Crippen LogP contribution is 2.13. The third-order valence-electron chi connectivity index (χ3n) is 2.09. The van der Waals surface area contributed by atoms with Crippen LogP contribution in [0, 0.1) is 3.57 Å². The van der Waals surface area contributed by atoms with Crippen LogP contribution in [-0.4, -0.2) is 23.2 Å². The number of esters is 1. The predicted molar refractivity (Wildman–Crippen MR) is 77.2 cm³/mol. The summed E-state index contributed by atoms with van der Waals surface area (Å²) in [4.78, 5) is 22.3. The monoisotopic (exact) mass is 410 g/mol. The highest BCUT2D eigenvalue weighted by atomic mass is 127. The standard InChI is InChI=1S/C12H12BrIO3/c1-2-17-12(16)11(15)10(13)7-8-3-5-9(14)6-4-8/h3-6,10H,2,7H2,1H3. The van der Waals surface area contributed by atoms with Crippen molar-refractivity contribution in [2.75, 3.05) is 6.61 Å². The van der Waals surface area contributed by atoms with E-state index in [1.807, 2.05) is 24.3 Å². The zero-order chi connectivity index (χ0) is 12.8. The summed E-state index contributed by atoms with van der Waals surface area (Å²) < 4.78 is 5.80. The average molecular weight is 411 g/mol. The van der Waals surface area contributed by atoms with Crippen molar-refractivity contribution in [2.45, 2.75) is 18.2 Å². The molecule has 0 N–H and O–H groups in total. The van der Waals surface area contributed by atoms with Gasteiger partial charge < -0.3 is 4.74 Å². The maximum Gasteiger partial charge on any atom is 0.375 e. The summed E-state index contributed by atoms with van der Waals surface area (Å²) in [7, 11) is 0. The van der Waals surface area contributed by atoms with E-state index in [1.54, 1.807) is 6.92 Å². The molecule has 1 unspecified atom stereocenters. The normalized spacial score (nSPS) is 11.9. The van der Waals surface area contributed by atoms with Crippen LogP contribution in [0.15, 0.2) is 24.3 Å². The molecule has 0 heterocycles. The summed E-state index contributed by atoms with van der Waals surface area (Å²) in [6.45, 7) is 1.89. The number of carbonyl (C=O) groups is 2. The Bertz CT molecular complexity index is 403. The van der Waals surface area contributed by atoms with E-state index in [4.69, 9.17) is 0 Å². The Kier molecular flexibility index (Phi) is 6.11. The van der Waals surface area contributed by atoms with Gasteiger partial charge in [0, 0.05) is 3.57 Å². The molecule has 0 spiro atoms. The minimum absolute atomic E-state index is 0.216. The summed E-state index contributed by atoms with van der Waals surface area (Å²) >= 11 is 5.43. The molecule has 1 atom stereocenters. The van der Waals surface area contributed by atoms with E-state index in [-0.39, 0.29) is 6.61 Å². The number of ether oxygens (including phenoxy) is 1. The van der Waals surface area contributed by atoms with Crippen LogP contribution in [0.4, 0.5) is 0 Å². The molecule has 0 aromatic heterocycles. The molecular formula is C12H12BrIO3. The topological polar surface area (TPSA) is 43.4 Å². The van der Waals surface area contributed by atoms with E-state index < -0.39 is 16.6 Å². The van der Waals surface area contributed by atoms with Crippen LogP contribution in [0.25, 0.3) is 0 Å². The Balaban J connectivity index is 2.59. The predicted octanol–water partition coefficient (Wildman–Crippen LogP) is 2.73. The van der Waals surface area contributed by atoms with E-state index >= 15 is 0 Å². The number of benzene rings is 1. The Morgan fingerprint density at radius 3 is 2.47 bits per heavy atom. The van der Waals surface area contributed by atoms with Crippen LogP contribution in [-0.2, 0) is 20.7 Å². The van der Waals surface area contributed by atoms with Gasteiger partial charge in [-0.25, -0.2) is 4.79 Å². The second-order valence-electron chi connectivity index (χ2n) is 3.38. The summed E-state index contributed by atoms with van der Waals surface area (Å²) in [6.07, 6.45) is 0.481. The molecule has 0 saturated heterocycles. The van der Waals surface area contributed by atoms with E-state index in [2.05, 4.69) is 43.3 Å². The maximum atomic E-state index is 11.6. The summed E-state index contributed by atoms with van der Waals surface area (Å²) in [6, 6.07) is 7.80. The minimum atomic E-state index is -0.778. The lowest BCUT2D eigenvalue weighted by atomic mass is 10.1. The zero-order valence-electron chi connectivity index (χ0n) is 9.28. The van der Waals surface area contributed by atoms with Crippen LogP contribution >= 0.6 is 38.5 Å².